The van der Waals surface area contributed by atoms with E-state index in [2.05, 4.69) is 27.6 Å². The Labute approximate surface area is 155 Å². The Bertz CT molecular complexity index is 993. The summed E-state index contributed by atoms with van der Waals surface area (Å²) in [6.07, 6.45) is 2.29. The van der Waals surface area contributed by atoms with Crippen molar-refractivity contribution < 1.29 is 9.72 Å². The molecule has 0 spiro atoms. The van der Waals surface area contributed by atoms with Crippen molar-refractivity contribution in [3.05, 3.63) is 81.5 Å². The van der Waals surface area contributed by atoms with Crippen molar-refractivity contribution in [1.82, 2.24) is 15.6 Å². The summed E-state index contributed by atoms with van der Waals surface area (Å²) in [5, 5.41) is 21.4. The van der Waals surface area contributed by atoms with Gasteiger partial charge < -0.3 is 0 Å². The summed E-state index contributed by atoms with van der Waals surface area (Å²) in [4.78, 5) is 22.4. The first-order valence-electron chi connectivity index (χ1n) is 8.29. The molecule has 0 aliphatic heterocycles. The molecule has 3 rings (SSSR count). The van der Waals surface area contributed by atoms with Crippen molar-refractivity contribution in [2.45, 2.75) is 13.3 Å². The molecule has 136 valence electrons. The number of aromatic nitrogens is 2. The van der Waals surface area contributed by atoms with Crippen molar-refractivity contribution in [3.8, 4) is 11.3 Å². The highest BCUT2D eigenvalue weighted by Crippen LogP contribution is 2.18. The van der Waals surface area contributed by atoms with Crippen LogP contribution in [-0.4, -0.2) is 27.2 Å². The molecule has 0 bridgehead atoms. The van der Waals surface area contributed by atoms with Crippen molar-refractivity contribution in [3.63, 3.8) is 0 Å². The number of hydrogen-bond donors (Lipinski definition) is 2. The average Bonchev–Trinajstić information content (AvgIpc) is 3.18. The van der Waals surface area contributed by atoms with Crippen LogP contribution < -0.4 is 5.43 Å². The number of H-pyrrole nitrogens is 1. The molecule has 0 saturated carbocycles. The highest BCUT2D eigenvalue weighted by Gasteiger charge is 2.10. The lowest BCUT2D eigenvalue weighted by Gasteiger charge is -1.98. The lowest BCUT2D eigenvalue weighted by atomic mass is 10.1. The number of rotatable bonds is 6. The molecule has 1 aromatic heterocycles. The van der Waals surface area contributed by atoms with Gasteiger partial charge in [0.15, 0.2) is 0 Å². The highest BCUT2D eigenvalue weighted by atomic mass is 16.6. The van der Waals surface area contributed by atoms with E-state index in [1.165, 1.54) is 23.9 Å². The van der Waals surface area contributed by atoms with Gasteiger partial charge in [-0.05, 0) is 18.1 Å². The second-order valence-electron chi connectivity index (χ2n) is 5.77. The highest BCUT2D eigenvalue weighted by molar-refractivity contribution is 5.94. The molecule has 2 N–H and O–H groups in total. The summed E-state index contributed by atoms with van der Waals surface area (Å²) in [7, 11) is 0. The van der Waals surface area contributed by atoms with Crippen molar-refractivity contribution >= 4 is 17.8 Å². The lowest BCUT2D eigenvalue weighted by Crippen LogP contribution is -2.18. The van der Waals surface area contributed by atoms with E-state index in [1.54, 1.807) is 18.2 Å². The van der Waals surface area contributed by atoms with Gasteiger partial charge >= 0.3 is 0 Å². The Balaban J connectivity index is 1.65. The van der Waals surface area contributed by atoms with Crippen LogP contribution in [0, 0.1) is 10.1 Å². The van der Waals surface area contributed by atoms with Gasteiger partial charge in [-0.25, -0.2) is 5.43 Å². The van der Waals surface area contributed by atoms with Gasteiger partial charge in [-0.3, -0.25) is 20.0 Å². The van der Waals surface area contributed by atoms with Crippen LogP contribution in [-0.2, 0) is 6.42 Å². The van der Waals surface area contributed by atoms with Gasteiger partial charge in [0.1, 0.15) is 5.69 Å². The van der Waals surface area contributed by atoms with Crippen molar-refractivity contribution in [1.29, 1.82) is 0 Å². The first kappa shape index (κ1) is 18.0. The van der Waals surface area contributed by atoms with Crippen LogP contribution >= 0.6 is 0 Å². The molecule has 0 aliphatic rings. The summed E-state index contributed by atoms with van der Waals surface area (Å²) in [5.41, 5.74) is 5.88. The lowest BCUT2D eigenvalue weighted by molar-refractivity contribution is -0.384. The van der Waals surface area contributed by atoms with Crippen LogP contribution in [0.25, 0.3) is 11.3 Å². The number of hydrogen-bond acceptors (Lipinski definition) is 5. The number of aromatic amines is 1. The second-order valence-corrected chi connectivity index (χ2v) is 5.77. The second kappa shape index (κ2) is 8.05. The van der Waals surface area contributed by atoms with Crippen LogP contribution in [0.2, 0.25) is 0 Å². The molecule has 3 aromatic rings. The SMILES string of the molecule is CCc1ccc(-c2cc(C(=O)NN=Cc3cccc([N+](=O)[O-])c3)[nH]n2)cc1. The van der Waals surface area contributed by atoms with E-state index in [-0.39, 0.29) is 11.4 Å². The zero-order chi connectivity index (χ0) is 19.2. The summed E-state index contributed by atoms with van der Waals surface area (Å²) in [6, 6.07) is 15.5. The first-order chi connectivity index (χ1) is 13.1. The molecule has 0 fully saturated rings. The van der Waals surface area contributed by atoms with Crippen LogP contribution in [0.1, 0.15) is 28.5 Å². The topological polar surface area (TPSA) is 113 Å². The largest absolute Gasteiger partial charge is 0.289 e. The standard InChI is InChI=1S/C19H17N5O3/c1-2-13-6-8-15(9-7-13)17-11-18(22-21-17)19(25)23-20-12-14-4-3-5-16(10-14)24(26)27/h3-12H,2H2,1H3,(H,21,22)(H,23,25). The zero-order valence-corrected chi connectivity index (χ0v) is 14.5. The number of aryl methyl sites for hydroxylation is 1. The molecule has 8 nitrogen and oxygen atoms in total. The zero-order valence-electron chi connectivity index (χ0n) is 14.5. The average molecular weight is 363 g/mol. The fourth-order valence-electron chi connectivity index (χ4n) is 2.44. The van der Waals surface area contributed by atoms with Gasteiger partial charge in [-0.15, -0.1) is 0 Å². The normalized spacial score (nSPS) is 10.9. The smallest absolute Gasteiger partial charge is 0.272 e. The van der Waals surface area contributed by atoms with Gasteiger partial charge in [-0.2, -0.15) is 10.2 Å². The van der Waals surface area contributed by atoms with Gasteiger partial charge in [0.05, 0.1) is 16.8 Å². The molecule has 2 aromatic carbocycles. The van der Waals surface area contributed by atoms with E-state index < -0.39 is 10.8 Å². The van der Waals surface area contributed by atoms with E-state index in [1.807, 2.05) is 24.3 Å². The van der Waals surface area contributed by atoms with Crippen LogP contribution in [0.5, 0.6) is 0 Å². The molecular weight excluding hydrogens is 346 g/mol. The molecule has 1 amide bonds. The van der Waals surface area contributed by atoms with Gasteiger partial charge in [0.2, 0.25) is 0 Å². The fraction of sp³-hybridized carbons (Fsp3) is 0.105. The van der Waals surface area contributed by atoms with Crippen molar-refractivity contribution in [2.75, 3.05) is 0 Å². The monoisotopic (exact) mass is 363 g/mol. The van der Waals surface area contributed by atoms with E-state index in [0.717, 1.165) is 12.0 Å². The quantitative estimate of drug-likeness (QED) is 0.397. The number of nitrogens with zero attached hydrogens (tertiary/aromatic N) is 3. The molecular formula is C19H17N5O3. The summed E-state index contributed by atoms with van der Waals surface area (Å²) >= 11 is 0. The Morgan fingerprint density at radius 2 is 2.04 bits per heavy atom. The fourth-order valence-corrected chi connectivity index (χ4v) is 2.44. The third kappa shape index (κ3) is 4.43. The minimum absolute atomic E-state index is 0.0439. The molecule has 0 atom stereocenters. The minimum Gasteiger partial charge on any atom is -0.272 e. The Morgan fingerprint density at radius 3 is 2.74 bits per heavy atom. The third-order valence-corrected chi connectivity index (χ3v) is 3.94. The van der Waals surface area contributed by atoms with Gasteiger partial charge in [-0.1, -0.05) is 43.3 Å². The molecule has 0 aliphatic carbocycles. The molecule has 0 unspecified atom stereocenters. The number of amides is 1. The van der Waals surface area contributed by atoms with Gasteiger partial charge in [0, 0.05) is 23.3 Å². The van der Waals surface area contributed by atoms with E-state index in [9.17, 15) is 14.9 Å². The van der Waals surface area contributed by atoms with Crippen LogP contribution in [0.4, 0.5) is 5.69 Å². The maximum atomic E-state index is 12.2. The van der Waals surface area contributed by atoms with Crippen LogP contribution in [0.3, 0.4) is 0 Å². The third-order valence-electron chi connectivity index (χ3n) is 3.94. The Hall–Kier alpha value is -3.81. The Morgan fingerprint density at radius 1 is 1.26 bits per heavy atom. The number of nitro benzene ring substituents is 1. The molecule has 8 heteroatoms. The maximum absolute atomic E-state index is 12.2. The number of carbonyl (C=O) groups is 1. The number of hydrazone groups is 1. The molecule has 1 heterocycles. The molecule has 0 radical (unpaired) electrons. The molecule has 27 heavy (non-hydrogen) atoms. The molecule has 0 saturated heterocycles. The number of carbonyl (C=O) groups excluding carboxylic acids is 1. The Kier molecular flexibility index (Phi) is 5.36. The van der Waals surface area contributed by atoms with Crippen LogP contribution in [0.15, 0.2) is 59.7 Å². The van der Waals surface area contributed by atoms with Gasteiger partial charge in [0.25, 0.3) is 11.6 Å². The summed E-state index contributed by atoms with van der Waals surface area (Å²) in [5.74, 6) is -0.458. The van der Waals surface area contributed by atoms with Crippen molar-refractivity contribution in [2.24, 2.45) is 5.10 Å². The number of non-ortho nitro benzene ring substituents is 1. The summed E-state index contributed by atoms with van der Waals surface area (Å²) < 4.78 is 0. The number of nitro groups is 1. The maximum Gasteiger partial charge on any atom is 0.289 e. The predicted octanol–water partition coefficient (Wildman–Crippen LogP) is 3.31. The number of nitrogens with one attached hydrogen (secondary N) is 2. The van der Waals surface area contributed by atoms with E-state index in [0.29, 0.717) is 11.3 Å². The minimum atomic E-state index is -0.491. The van der Waals surface area contributed by atoms with E-state index >= 15 is 0 Å². The van der Waals surface area contributed by atoms with E-state index in [4.69, 9.17) is 0 Å². The first-order valence-corrected chi connectivity index (χ1v) is 8.29. The number of benzene rings is 2. The predicted molar refractivity (Wildman–Crippen MR) is 102 cm³/mol. The summed E-state index contributed by atoms with van der Waals surface area (Å²) in [6.45, 7) is 2.08.